The van der Waals surface area contributed by atoms with Gasteiger partial charge < -0.3 is 14.2 Å². The van der Waals surface area contributed by atoms with E-state index in [0.717, 1.165) is 49.6 Å². The zero-order valence-corrected chi connectivity index (χ0v) is 14.6. The summed E-state index contributed by atoms with van der Waals surface area (Å²) in [6.45, 7) is 2.60. The molecule has 2 aromatic heterocycles. The topological polar surface area (TPSA) is 56.1 Å². The van der Waals surface area contributed by atoms with Crippen LogP contribution in [-0.2, 0) is 10.2 Å². The zero-order chi connectivity index (χ0) is 17.1. The molecule has 0 bridgehead atoms. The van der Waals surface area contributed by atoms with Crippen molar-refractivity contribution in [3.05, 3.63) is 42.5 Å². The van der Waals surface area contributed by atoms with Gasteiger partial charge in [0, 0.05) is 36.9 Å². The maximum absolute atomic E-state index is 5.66. The van der Waals surface area contributed by atoms with E-state index in [9.17, 15) is 0 Å². The number of para-hydroxylation sites is 1. The van der Waals surface area contributed by atoms with Gasteiger partial charge >= 0.3 is 0 Å². The maximum Gasteiger partial charge on any atom is 0.165 e. The quantitative estimate of drug-likeness (QED) is 0.711. The molecule has 0 N–H and O–H groups in total. The van der Waals surface area contributed by atoms with Crippen molar-refractivity contribution in [3.63, 3.8) is 0 Å². The van der Waals surface area contributed by atoms with Crippen molar-refractivity contribution in [2.24, 2.45) is 0 Å². The lowest BCUT2D eigenvalue weighted by Gasteiger charge is -2.34. The molecular weight excluding hydrogens is 326 g/mol. The van der Waals surface area contributed by atoms with E-state index in [1.165, 1.54) is 24.1 Å². The second kappa shape index (κ2) is 5.27. The monoisotopic (exact) mass is 347 g/mol. The van der Waals surface area contributed by atoms with Crippen LogP contribution in [0.5, 0.6) is 0 Å². The predicted molar refractivity (Wildman–Crippen MR) is 98.8 cm³/mol. The molecule has 1 saturated heterocycles. The lowest BCUT2D eigenvalue weighted by molar-refractivity contribution is 0.0558. The SMILES string of the molecule is c1ccc2c(c1)N(c1ncnc3c1ncn3C1CC1)CC21CCOCC1. The molecule has 3 aromatic rings. The minimum Gasteiger partial charge on any atom is -0.381 e. The highest BCUT2D eigenvalue weighted by atomic mass is 16.5. The van der Waals surface area contributed by atoms with Crippen molar-refractivity contribution < 1.29 is 4.74 Å². The van der Waals surface area contributed by atoms with Crippen molar-refractivity contribution in [3.8, 4) is 0 Å². The van der Waals surface area contributed by atoms with Gasteiger partial charge in [0.05, 0.1) is 6.33 Å². The van der Waals surface area contributed by atoms with Crippen LogP contribution in [0.15, 0.2) is 36.9 Å². The molecule has 2 fully saturated rings. The first-order chi connectivity index (χ1) is 12.9. The third-order valence-corrected chi connectivity index (χ3v) is 6.21. The Morgan fingerprint density at radius 2 is 1.88 bits per heavy atom. The summed E-state index contributed by atoms with van der Waals surface area (Å²) < 4.78 is 7.87. The third kappa shape index (κ3) is 1.99. The van der Waals surface area contributed by atoms with Gasteiger partial charge in [0.25, 0.3) is 0 Å². The van der Waals surface area contributed by atoms with Gasteiger partial charge in [0.1, 0.15) is 6.33 Å². The van der Waals surface area contributed by atoms with Gasteiger partial charge in [-0.1, -0.05) is 18.2 Å². The highest BCUT2D eigenvalue weighted by Gasteiger charge is 2.45. The van der Waals surface area contributed by atoms with E-state index in [2.05, 4.69) is 43.7 Å². The molecule has 0 unspecified atom stereocenters. The van der Waals surface area contributed by atoms with E-state index >= 15 is 0 Å². The molecule has 3 aliphatic rings. The Morgan fingerprint density at radius 1 is 1.04 bits per heavy atom. The summed E-state index contributed by atoms with van der Waals surface area (Å²) in [6.07, 6.45) is 8.19. The van der Waals surface area contributed by atoms with Gasteiger partial charge in [-0.3, -0.25) is 0 Å². The number of hydrogen-bond acceptors (Lipinski definition) is 5. The summed E-state index contributed by atoms with van der Waals surface area (Å²) in [6, 6.07) is 9.32. The zero-order valence-electron chi connectivity index (χ0n) is 14.6. The van der Waals surface area contributed by atoms with Crippen LogP contribution >= 0.6 is 0 Å². The largest absolute Gasteiger partial charge is 0.381 e. The predicted octanol–water partition coefficient (Wildman–Crippen LogP) is 3.36. The van der Waals surface area contributed by atoms with E-state index in [1.807, 2.05) is 6.33 Å². The molecule has 1 aromatic carbocycles. The van der Waals surface area contributed by atoms with Crippen LogP contribution in [-0.4, -0.2) is 39.3 Å². The summed E-state index contributed by atoms with van der Waals surface area (Å²) >= 11 is 0. The first-order valence-electron chi connectivity index (χ1n) is 9.48. The number of anilines is 2. The summed E-state index contributed by atoms with van der Waals surface area (Å²) in [4.78, 5) is 16.3. The van der Waals surface area contributed by atoms with Crippen LogP contribution < -0.4 is 4.90 Å². The number of nitrogens with zero attached hydrogens (tertiary/aromatic N) is 5. The van der Waals surface area contributed by atoms with Crippen molar-refractivity contribution in [2.75, 3.05) is 24.7 Å². The van der Waals surface area contributed by atoms with Crippen molar-refractivity contribution in [2.45, 2.75) is 37.1 Å². The minimum atomic E-state index is 0.158. The van der Waals surface area contributed by atoms with E-state index in [0.29, 0.717) is 6.04 Å². The van der Waals surface area contributed by atoms with Gasteiger partial charge in [-0.15, -0.1) is 0 Å². The van der Waals surface area contributed by atoms with Crippen LogP contribution in [0.4, 0.5) is 11.5 Å². The second-order valence-electron chi connectivity index (χ2n) is 7.75. The Balaban J connectivity index is 1.51. The number of benzene rings is 1. The Hall–Kier alpha value is -2.47. The fourth-order valence-electron chi connectivity index (χ4n) is 4.67. The Labute approximate surface area is 151 Å². The summed E-state index contributed by atoms with van der Waals surface area (Å²) in [7, 11) is 0. The van der Waals surface area contributed by atoms with Crippen molar-refractivity contribution >= 4 is 22.7 Å². The van der Waals surface area contributed by atoms with Gasteiger partial charge in [0.2, 0.25) is 0 Å². The van der Waals surface area contributed by atoms with E-state index in [1.54, 1.807) is 6.33 Å². The normalized spacial score (nSPS) is 21.5. The van der Waals surface area contributed by atoms with Crippen molar-refractivity contribution in [1.29, 1.82) is 0 Å². The molecule has 0 atom stereocenters. The molecule has 1 aliphatic carbocycles. The van der Waals surface area contributed by atoms with Crippen LogP contribution in [0.1, 0.15) is 37.3 Å². The molecule has 6 nitrogen and oxygen atoms in total. The number of aromatic nitrogens is 4. The number of hydrogen-bond donors (Lipinski definition) is 0. The minimum absolute atomic E-state index is 0.158. The van der Waals surface area contributed by atoms with Gasteiger partial charge in [-0.2, -0.15) is 0 Å². The van der Waals surface area contributed by atoms with E-state index in [4.69, 9.17) is 9.72 Å². The molecule has 1 saturated carbocycles. The molecule has 1 spiro atoms. The first kappa shape index (κ1) is 14.7. The summed E-state index contributed by atoms with van der Waals surface area (Å²) in [5, 5.41) is 0. The highest BCUT2D eigenvalue weighted by molar-refractivity contribution is 5.88. The highest BCUT2D eigenvalue weighted by Crippen LogP contribution is 2.49. The standard InChI is InChI=1S/C20H21N5O/c1-2-4-16-15(3-1)20(7-9-26-10-8-20)11-24(16)18-17-19(22-12-21-18)25(13-23-17)14-5-6-14/h1-4,12-14H,5-11H2. The lowest BCUT2D eigenvalue weighted by Crippen LogP contribution is -2.37. The Bertz CT molecular complexity index is 987. The molecule has 6 rings (SSSR count). The van der Waals surface area contributed by atoms with Crippen LogP contribution in [0.2, 0.25) is 0 Å². The summed E-state index contributed by atoms with van der Waals surface area (Å²) in [5.74, 6) is 0.935. The second-order valence-corrected chi connectivity index (χ2v) is 7.75. The van der Waals surface area contributed by atoms with Gasteiger partial charge in [0.15, 0.2) is 17.0 Å². The maximum atomic E-state index is 5.66. The van der Waals surface area contributed by atoms with Crippen molar-refractivity contribution in [1.82, 2.24) is 19.5 Å². The van der Waals surface area contributed by atoms with Crippen LogP contribution in [0, 0.1) is 0 Å². The molecule has 6 heteroatoms. The number of fused-ring (bicyclic) bond motifs is 3. The molecule has 132 valence electrons. The van der Waals surface area contributed by atoms with Gasteiger partial charge in [-0.05, 0) is 37.3 Å². The fraction of sp³-hybridized carbons (Fsp3) is 0.450. The number of imidazole rings is 1. The van der Waals surface area contributed by atoms with Crippen LogP contribution in [0.3, 0.4) is 0 Å². The smallest absolute Gasteiger partial charge is 0.165 e. The molecule has 26 heavy (non-hydrogen) atoms. The average Bonchev–Trinajstić information content (AvgIpc) is 3.37. The average molecular weight is 347 g/mol. The molecule has 0 radical (unpaired) electrons. The number of ether oxygens (including phenoxy) is 1. The molecule has 2 aliphatic heterocycles. The van der Waals surface area contributed by atoms with Crippen LogP contribution in [0.25, 0.3) is 11.2 Å². The Morgan fingerprint density at radius 3 is 2.73 bits per heavy atom. The van der Waals surface area contributed by atoms with E-state index in [-0.39, 0.29) is 5.41 Å². The molecule has 4 heterocycles. The summed E-state index contributed by atoms with van der Waals surface area (Å²) in [5.41, 5.74) is 4.72. The first-order valence-corrected chi connectivity index (χ1v) is 9.48. The third-order valence-electron chi connectivity index (χ3n) is 6.21. The molecular formula is C20H21N5O. The Kier molecular flexibility index (Phi) is 2.97. The molecule has 0 amide bonds. The fourth-order valence-corrected chi connectivity index (χ4v) is 4.67. The van der Waals surface area contributed by atoms with E-state index < -0.39 is 0 Å². The lowest BCUT2D eigenvalue weighted by atomic mass is 9.76. The van der Waals surface area contributed by atoms with Gasteiger partial charge in [-0.25, -0.2) is 15.0 Å². The number of rotatable bonds is 2.